The fourth-order valence-corrected chi connectivity index (χ4v) is 2.43. The number of nitrogens with zero attached hydrogens (tertiary/aromatic N) is 5. The molecular weight excluding hydrogens is 230 g/mol. The second-order valence-electron chi connectivity index (χ2n) is 4.95. The van der Waals surface area contributed by atoms with Crippen molar-refractivity contribution in [1.82, 2.24) is 19.7 Å². The summed E-state index contributed by atoms with van der Waals surface area (Å²) < 4.78 is 1.85. The Hall–Kier alpha value is -2.11. The monoisotopic (exact) mass is 243 g/mol. The highest BCUT2D eigenvalue weighted by molar-refractivity contribution is 5.62. The second kappa shape index (κ2) is 3.44. The molecule has 1 fully saturated rings. The Morgan fingerprint density at radius 2 is 2.22 bits per heavy atom. The third kappa shape index (κ3) is 1.45. The first kappa shape index (κ1) is 9.87. The molecule has 0 radical (unpaired) electrons. The summed E-state index contributed by atoms with van der Waals surface area (Å²) in [4.78, 5) is 6.48. The summed E-state index contributed by atoms with van der Waals surface area (Å²) in [5, 5.41) is 17.6. The van der Waals surface area contributed by atoms with Gasteiger partial charge in [0.15, 0.2) is 11.6 Å². The summed E-state index contributed by atoms with van der Waals surface area (Å²) >= 11 is 0. The molecule has 6 heteroatoms. The lowest BCUT2D eigenvalue weighted by atomic mass is 10.2. The van der Waals surface area contributed by atoms with E-state index in [1.54, 1.807) is 12.4 Å². The maximum atomic E-state index is 9.55. The topological polar surface area (TPSA) is 67.1 Å². The largest absolute Gasteiger partial charge is 0.493 e. The van der Waals surface area contributed by atoms with Gasteiger partial charge in [0.05, 0.1) is 12.2 Å². The molecule has 0 atom stereocenters. The molecule has 0 unspecified atom stereocenters. The fourth-order valence-electron chi connectivity index (χ4n) is 2.43. The highest BCUT2D eigenvalue weighted by Gasteiger charge is 2.30. The standard InChI is InChI=1S/C12H13N5O/c18-11-4-3-9-12(14-11)17-7-13-15-10(17)6-16(9)5-8-1-2-8/h3-4,7-8H,1-2,5-6H2,(H,14,18). The number of rotatable bonds is 2. The molecule has 1 aliphatic heterocycles. The van der Waals surface area contributed by atoms with Gasteiger partial charge in [-0.3, -0.25) is 4.57 Å². The molecule has 0 saturated heterocycles. The smallest absolute Gasteiger partial charge is 0.212 e. The van der Waals surface area contributed by atoms with Gasteiger partial charge in [0.1, 0.15) is 6.33 Å². The molecule has 2 aliphatic rings. The van der Waals surface area contributed by atoms with Crippen molar-refractivity contribution in [2.75, 3.05) is 11.4 Å². The highest BCUT2D eigenvalue weighted by Crippen LogP contribution is 2.36. The molecule has 2 aromatic rings. The van der Waals surface area contributed by atoms with Gasteiger partial charge in [-0.1, -0.05) is 0 Å². The van der Waals surface area contributed by atoms with Crippen LogP contribution >= 0.6 is 0 Å². The van der Waals surface area contributed by atoms with Crippen molar-refractivity contribution >= 4 is 5.69 Å². The summed E-state index contributed by atoms with van der Waals surface area (Å²) in [6.07, 6.45) is 4.27. The van der Waals surface area contributed by atoms with E-state index in [1.165, 1.54) is 12.8 Å². The van der Waals surface area contributed by atoms with E-state index in [2.05, 4.69) is 20.1 Å². The van der Waals surface area contributed by atoms with Crippen molar-refractivity contribution in [3.05, 3.63) is 24.3 Å². The number of anilines is 1. The van der Waals surface area contributed by atoms with Gasteiger partial charge in [-0.15, -0.1) is 10.2 Å². The SMILES string of the molecule is Oc1ccc2c(n1)-n1cnnc1CN2CC1CC1. The van der Waals surface area contributed by atoms with Gasteiger partial charge >= 0.3 is 0 Å². The van der Waals surface area contributed by atoms with E-state index in [0.29, 0.717) is 0 Å². The number of pyridine rings is 1. The van der Waals surface area contributed by atoms with Crippen molar-refractivity contribution in [3.8, 4) is 11.7 Å². The van der Waals surface area contributed by atoms with Crippen LogP contribution in [0.25, 0.3) is 5.82 Å². The average molecular weight is 243 g/mol. The van der Waals surface area contributed by atoms with Gasteiger partial charge in [0.2, 0.25) is 5.88 Å². The van der Waals surface area contributed by atoms with Gasteiger partial charge in [-0.25, -0.2) is 0 Å². The Bertz CT molecular complexity index is 604. The van der Waals surface area contributed by atoms with Crippen molar-refractivity contribution in [3.63, 3.8) is 0 Å². The Kier molecular flexibility index (Phi) is 1.89. The highest BCUT2D eigenvalue weighted by atomic mass is 16.3. The molecule has 4 rings (SSSR count). The molecule has 3 heterocycles. The van der Waals surface area contributed by atoms with Crippen LogP contribution in [0, 0.1) is 5.92 Å². The van der Waals surface area contributed by atoms with E-state index in [9.17, 15) is 5.11 Å². The maximum Gasteiger partial charge on any atom is 0.212 e. The molecule has 0 spiro atoms. The summed E-state index contributed by atoms with van der Waals surface area (Å²) in [6.45, 7) is 1.79. The molecule has 1 saturated carbocycles. The van der Waals surface area contributed by atoms with Crippen LogP contribution in [0.1, 0.15) is 18.7 Å². The molecule has 0 amide bonds. The first-order chi connectivity index (χ1) is 8.81. The van der Waals surface area contributed by atoms with Crippen LogP contribution in [-0.2, 0) is 6.54 Å². The van der Waals surface area contributed by atoms with E-state index in [1.807, 2.05) is 10.6 Å². The third-order valence-corrected chi connectivity index (χ3v) is 3.53. The van der Waals surface area contributed by atoms with Crippen molar-refractivity contribution < 1.29 is 5.11 Å². The van der Waals surface area contributed by atoms with Crippen LogP contribution in [0.4, 0.5) is 5.69 Å². The van der Waals surface area contributed by atoms with Crippen LogP contribution in [0.15, 0.2) is 18.5 Å². The lowest BCUT2D eigenvalue weighted by Crippen LogP contribution is -2.31. The molecule has 92 valence electrons. The minimum absolute atomic E-state index is 0.0293. The fraction of sp³-hybridized carbons (Fsp3) is 0.417. The van der Waals surface area contributed by atoms with E-state index < -0.39 is 0 Å². The summed E-state index contributed by atoms with van der Waals surface area (Å²) in [7, 11) is 0. The zero-order chi connectivity index (χ0) is 12.1. The molecule has 0 aromatic carbocycles. The zero-order valence-electron chi connectivity index (χ0n) is 9.82. The molecule has 0 bridgehead atoms. The Morgan fingerprint density at radius 3 is 3.06 bits per heavy atom. The Balaban J connectivity index is 1.83. The number of aromatic hydroxyl groups is 1. The van der Waals surface area contributed by atoms with Crippen LogP contribution in [0.3, 0.4) is 0 Å². The van der Waals surface area contributed by atoms with E-state index in [-0.39, 0.29) is 5.88 Å². The normalized spacial score (nSPS) is 17.4. The summed E-state index contributed by atoms with van der Waals surface area (Å²) in [6, 6.07) is 3.55. The summed E-state index contributed by atoms with van der Waals surface area (Å²) in [5.41, 5.74) is 1.05. The lowest BCUT2D eigenvalue weighted by molar-refractivity contribution is 0.451. The van der Waals surface area contributed by atoms with Crippen LogP contribution in [0.2, 0.25) is 0 Å². The van der Waals surface area contributed by atoms with Crippen LogP contribution in [0.5, 0.6) is 5.88 Å². The molecule has 2 aromatic heterocycles. The Morgan fingerprint density at radius 1 is 1.33 bits per heavy atom. The van der Waals surface area contributed by atoms with Crippen LogP contribution < -0.4 is 4.90 Å². The Labute approximate surface area is 104 Å². The molecule has 1 aliphatic carbocycles. The van der Waals surface area contributed by atoms with Crippen molar-refractivity contribution in [2.45, 2.75) is 19.4 Å². The maximum absolute atomic E-state index is 9.55. The van der Waals surface area contributed by atoms with Gasteiger partial charge < -0.3 is 10.0 Å². The molecule has 1 N–H and O–H groups in total. The first-order valence-electron chi connectivity index (χ1n) is 6.15. The van der Waals surface area contributed by atoms with E-state index >= 15 is 0 Å². The molecule has 6 nitrogen and oxygen atoms in total. The van der Waals surface area contributed by atoms with Crippen LogP contribution in [-0.4, -0.2) is 31.4 Å². The van der Waals surface area contributed by atoms with Gasteiger partial charge in [0.25, 0.3) is 0 Å². The third-order valence-electron chi connectivity index (χ3n) is 3.53. The molecular formula is C12H13N5O. The minimum atomic E-state index is 0.0293. The quantitative estimate of drug-likeness (QED) is 0.855. The predicted octanol–water partition coefficient (Wildman–Crippen LogP) is 1.10. The zero-order valence-corrected chi connectivity index (χ0v) is 9.82. The van der Waals surface area contributed by atoms with E-state index in [0.717, 1.165) is 36.3 Å². The second-order valence-corrected chi connectivity index (χ2v) is 4.95. The average Bonchev–Trinajstić information content (AvgIpc) is 3.04. The van der Waals surface area contributed by atoms with E-state index in [4.69, 9.17) is 0 Å². The number of fused-ring (bicyclic) bond motifs is 3. The first-order valence-corrected chi connectivity index (χ1v) is 6.15. The molecule has 18 heavy (non-hydrogen) atoms. The number of hydrogen-bond acceptors (Lipinski definition) is 5. The van der Waals surface area contributed by atoms with Crippen molar-refractivity contribution in [1.29, 1.82) is 0 Å². The minimum Gasteiger partial charge on any atom is -0.493 e. The van der Waals surface area contributed by atoms with Gasteiger partial charge in [0, 0.05) is 12.6 Å². The number of aromatic nitrogens is 4. The lowest BCUT2D eigenvalue weighted by Gasteiger charge is -2.30. The predicted molar refractivity (Wildman–Crippen MR) is 64.6 cm³/mol. The van der Waals surface area contributed by atoms with Crippen molar-refractivity contribution in [2.24, 2.45) is 5.92 Å². The van der Waals surface area contributed by atoms with Gasteiger partial charge in [-0.2, -0.15) is 4.98 Å². The van der Waals surface area contributed by atoms with Gasteiger partial charge in [-0.05, 0) is 24.8 Å². The summed E-state index contributed by atoms with van der Waals surface area (Å²) in [5.74, 6) is 2.42. The number of hydrogen-bond donors (Lipinski definition) is 1.